The van der Waals surface area contributed by atoms with Gasteiger partial charge in [0.25, 0.3) is 0 Å². The molecule has 0 unspecified atom stereocenters. The number of hydrogen-bond donors (Lipinski definition) is 2. The number of fused-ring (bicyclic) bond motifs is 1. The van der Waals surface area contributed by atoms with E-state index >= 15 is 0 Å². The van der Waals surface area contributed by atoms with E-state index in [9.17, 15) is 4.79 Å². The normalized spacial score (nSPS) is 11.2. The average Bonchev–Trinajstić information content (AvgIpc) is 3.51. The molecule has 37 heavy (non-hydrogen) atoms. The number of rotatable bonds is 5. The molecule has 1 amide bonds. The van der Waals surface area contributed by atoms with Gasteiger partial charge in [-0.1, -0.05) is 53.0 Å². The van der Waals surface area contributed by atoms with Gasteiger partial charge in [-0.15, -0.1) is 11.3 Å². The lowest BCUT2D eigenvalue weighted by atomic mass is 10.2. The van der Waals surface area contributed by atoms with Crippen LogP contribution in [0.1, 0.15) is 5.76 Å². The number of carbonyl (C=O) groups excluding carboxylic acids is 1. The zero-order chi connectivity index (χ0) is 25.9. The Morgan fingerprint density at radius 2 is 1.78 bits per heavy atom. The number of para-hydroxylation sites is 1. The third-order valence-corrected chi connectivity index (χ3v) is 7.64. The lowest BCUT2D eigenvalue weighted by Crippen LogP contribution is -2.32. The summed E-state index contributed by atoms with van der Waals surface area (Å²) in [6.45, 7) is 0. The van der Waals surface area contributed by atoms with Crippen LogP contribution in [0.5, 0.6) is 0 Å². The molecule has 0 atom stereocenters. The highest BCUT2D eigenvalue weighted by molar-refractivity contribution is 7.80. The van der Waals surface area contributed by atoms with Gasteiger partial charge in [0.15, 0.2) is 5.11 Å². The van der Waals surface area contributed by atoms with Gasteiger partial charge >= 0.3 is 0 Å². The zero-order valence-electron chi connectivity index (χ0n) is 18.8. The van der Waals surface area contributed by atoms with E-state index in [1.165, 1.54) is 12.2 Å². The van der Waals surface area contributed by atoms with E-state index in [-0.39, 0.29) is 5.11 Å². The van der Waals surface area contributed by atoms with Crippen molar-refractivity contribution >= 4 is 91.4 Å². The molecule has 0 spiro atoms. The molecule has 0 aliphatic carbocycles. The first-order valence-corrected chi connectivity index (χ1v) is 13.2. The number of anilines is 1. The van der Waals surface area contributed by atoms with Gasteiger partial charge in [0.2, 0.25) is 5.91 Å². The maximum atomic E-state index is 12.3. The van der Waals surface area contributed by atoms with Gasteiger partial charge in [0.05, 0.1) is 25.3 Å². The highest BCUT2D eigenvalue weighted by atomic mass is 35.5. The molecule has 10 heteroatoms. The van der Waals surface area contributed by atoms with Gasteiger partial charge in [-0.3, -0.25) is 10.1 Å². The molecule has 2 heterocycles. The summed E-state index contributed by atoms with van der Waals surface area (Å²) in [6, 6.07) is 22.1. The van der Waals surface area contributed by atoms with E-state index < -0.39 is 5.91 Å². The predicted octanol–water partition coefficient (Wildman–Crippen LogP) is 8.71. The summed E-state index contributed by atoms with van der Waals surface area (Å²) in [6.07, 6.45) is 2.85. The monoisotopic (exact) mass is 583 g/mol. The highest BCUT2D eigenvalue weighted by Gasteiger charge is 2.12. The maximum Gasteiger partial charge on any atom is 0.250 e. The Kier molecular flexibility index (Phi) is 7.60. The molecule has 2 aromatic heterocycles. The van der Waals surface area contributed by atoms with Crippen LogP contribution in [-0.2, 0) is 4.79 Å². The molecule has 0 aliphatic heterocycles. The Labute approximate surface area is 236 Å². The van der Waals surface area contributed by atoms with Crippen molar-refractivity contribution in [1.82, 2.24) is 10.3 Å². The molecule has 2 N–H and O–H groups in total. The van der Waals surface area contributed by atoms with Crippen LogP contribution < -0.4 is 10.6 Å². The fourth-order valence-corrected chi connectivity index (χ4v) is 5.45. The van der Waals surface area contributed by atoms with Gasteiger partial charge in [-0.2, -0.15) is 0 Å². The van der Waals surface area contributed by atoms with Crippen LogP contribution in [0.15, 0.2) is 83.3 Å². The van der Waals surface area contributed by atoms with Crippen LogP contribution in [0, 0.1) is 0 Å². The number of benzene rings is 3. The maximum absolute atomic E-state index is 12.3. The topological polar surface area (TPSA) is 67.2 Å². The first-order chi connectivity index (χ1) is 17.9. The molecule has 5 rings (SSSR count). The van der Waals surface area contributed by atoms with E-state index in [1.54, 1.807) is 47.7 Å². The van der Waals surface area contributed by atoms with Gasteiger partial charge in [-0.25, -0.2) is 4.98 Å². The van der Waals surface area contributed by atoms with Crippen molar-refractivity contribution < 1.29 is 9.21 Å². The van der Waals surface area contributed by atoms with Crippen molar-refractivity contribution in [3.8, 4) is 21.9 Å². The second-order valence-electron chi connectivity index (χ2n) is 7.76. The molecule has 0 aliphatic rings. The molecule has 0 saturated heterocycles. The van der Waals surface area contributed by atoms with Crippen molar-refractivity contribution in [2.45, 2.75) is 0 Å². The third-order valence-electron chi connectivity index (χ3n) is 5.23. The second kappa shape index (κ2) is 11.0. The number of amides is 1. The SMILES string of the molecule is O=C(C=Cc1ccc(-c2cccc(Cl)c2Cl)o1)NC(=S)Nc1ccc(-c2nc3ccccc3s2)c(Cl)c1. The molecule has 0 saturated carbocycles. The number of thiocarbonyl (C=S) groups is 1. The smallest absolute Gasteiger partial charge is 0.250 e. The van der Waals surface area contributed by atoms with Crippen molar-refractivity contribution in [1.29, 1.82) is 0 Å². The van der Waals surface area contributed by atoms with Gasteiger partial charge in [0.1, 0.15) is 16.5 Å². The molecule has 184 valence electrons. The summed E-state index contributed by atoms with van der Waals surface area (Å²) in [5, 5.41) is 7.88. The molecule has 5 aromatic rings. The number of furan rings is 1. The Morgan fingerprint density at radius 1 is 0.946 bits per heavy atom. The first kappa shape index (κ1) is 25.4. The molecule has 3 aromatic carbocycles. The summed E-state index contributed by atoms with van der Waals surface area (Å²) in [5.74, 6) is 0.585. The molecule has 0 bridgehead atoms. The van der Waals surface area contributed by atoms with Crippen LogP contribution in [0.3, 0.4) is 0 Å². The Bertz CT molecular complexity index is 1640. The fourth-order valence-electron chi connectivity index (χ4n) is 3.51. The Balaban J connectivity index is 1.20. The van der Waals surface area contributed by atoms with Crippen LogP contribution in [0.25, 0.3) is 38.2 Å². The molecular formula is C27H16Cl3N3O2S2. The van der Waals surface area contributed by atoms with Crippen LogP contribution in [0.2, 0.25) is 15.1 Å². The summed E-state index contributed by atoms with van der Waals surface area (Å²) in [4.78, 5) is 17.0. The van der Waals surface area contributed by atoms with E-state index in [4.69, 9.17) is 51.4 Å². The number of carbonyl (C=O) groups is 1. The standard InChI is InChI=1S/C27H16Cl3N3O2S2/c28-19-5-3-4-18(25(19)30)22-12-9-16(35-22)10-13-24(34)33-27(36)31-15-8-11-17(20(29)14-15)26-32-21-6-1-2-7-23(21)37-26/h1-14H,(H2,31,33,34,36). The minimum absolute atomic E-state index is 0.129. The number of nitrogens with zero attached hydrogens (tertiary/aromatic N) is 1. The molecule has 0 radical (unpaired) electrons. The van der Waals surface area contributed by atoms with Gasteiger partial charge < -0.3 is 9.73 Å². The van der Waals surface area contributed by atoms with E-state index in [0.29, 0.717) is 37.8 Å². The van der Waals surface area contributed by atoms with Gasteiger partial charge in [-0.05, 0) is 72.9 Å². The van der Waals surface area contributed by atoms with Crippen LogP contribution in [-0.4, -0.2) is 16.0 Å². The summed E-state index contributed by atoms with van der Waals surface area (Å²) in [5.41, 5.74) is 3.05. The predicted molar refractivity (Wildman–Crippen MR) is 158 cm³/mol. The Morgan fingerprint density at radius 3 is 2.59 bits per heavy atom. The number of nitrogens with one attached hydrogen (secondary N) is 2. The fraction of sp³-hybridized carbons (Fsp3) is 0. The van der Waals surface area contributed by atoms with Crippen molar-refractivity contribution in [2.24, 2.45) is 0 Å². The van der Waals surface area contributed by atoms with Crippen molar-refractivity contribution in [3.63, 3.8) is 0 Å². The largest absolute Gasteiger partial charge is 0.457 e. The van der Waals surface area contributed by atoms with E-state index in [0.717, 1.165) is 20.8 Å². The average molecular weight is 585 g/mol. The summed E-state index contributed by atoms with van der Waals surface area (Å²) < 4.78 is 6.85. The van der Waals surface area contributed by atoms with Crippen LogP contribution >= 0.6 is 58.4 Å². The number of hydrogen-bond acceptors (Lipinski definition) is 5. The van der Waals surface area contributed by atoms with Crippen molar-refractivity contribution in [3.05, 3.63) is 99.7 Å². The number of thiazole rings is 1. The molecule has 0 fully saturated rings. The summed E-state index contributed by atoms with van der Waals surface area (Å²) >= 11 is 25.7. The minimum Gasteiger partial charge on any atom is -0.457 e. The van der Waals surface area contributed by atoms with Crippen LogP contribution in [0.4, 0.5) is 5.69 Å². The minimum atomic E-state index is -0.423. The Hall–Kier alpha value is -3.20. The second-order valence-corrected chi connectivity index (χ2v) is 10.4. The first-order valence-electron chi connectivity index (χ1n) is 10.9. The zero-order valence-corrected chi connectivity index (χ0v) is 22.7. The summed E-state index contributed by atoms with van der Waals surface area (Å²) in [7, 11) is 0. The number of aromatic nitrogens is 1. The van der Waals surface area contributed by atoms with Crippen molar-refractivity contribution in [2.75, 3.05) is 5.32 Å². The lowest BCUT2D eigenvalue weighted by Gasteiger charge is -2.09. The number of halogens is 3. The van der Waals surface area contributed by atoms with Gasteiger partial charge in [0, 0.05) is 22.9 Å². The van der Waals surface area contributed by atoms with E-state index in [2.05, 4.69) is 15.6 Å². The molecule has 5 nitrogen and oxygen atoms in total. The van der Waals surface area contributed by atoms with E-state index in [1.807, 2.05) is 36.4 Å². The highest BCUT2D eigenvalue weighted by Crippen LogP contribution is 2.36. The third kappa shape index (κ3) is 5.87. The quantitative estimate of drug-likeness (QED) is 0.160. The molecular weight excluding hydrogens is 569 g/mol. The lowest BCUT2D eigenvalue weighted by molar-refractivity contribution is -0.115.